The minimum Gasteiger partial charge on any atom is -0.494 e. The summed E-state index contributed by atoms with van der Waals surface area (Å²) < 4.78 is 17.4. The molecule has 0 radical (unpaired) electrons. The lowest BCUT2D eigenvalue weighted by Crippen LogP contribution is -2.59. The Balaban J connectivity index is 1.38. The number of rotatable bonds is 12. The third kappa shape index (κ3) is 5.57. The number of aliphatic hydroxyl groups excluding tert-OH is 1. The van der Waals surface area contributed by atoms with Gasteiger partial charge in [-0.3, -0.25) is 19.3 Å². The van der Waals surface area contributed by atoms with E-state index < -0.39 is 35.6 Å². The number of hydrogen-bond donors (Lipinski definition) is 3. The van der Waals surface area contributed by atoms with Crippen molar-refractivity contribution in [3.63, 3.8) is 0 Å². The van der Waals surface area contributed by atoms with Crippen LogP contribution in [0.1, 0.15) is 40.0 Å². The Hall–Kier alpha value is -2.73. The highest BCUT2D eigenvalue weighted by molar-refractivity contribution is 6.02. The Morgan fingerprint density at radius 2 is 1.90 bits per heavy atom. The molecule has 1 aromatic carbocycles. The molecule has 0 aliphatic carbocycles. The minimum absolute atomic E-state index is 0.0452. The predicted octanol–water partition coefficient (Wildman–Crippen LogP) is 1.25. The summed E-state index contributed by atoms with van der Waals surface area (Å²) in [6.07, 6.45) is 1.37. The number of carbonyl (C=O) groups excluding carboxylic acids is 3. The van der Waals surface area contributed by atoms with Crippen molar-refractivity contribution >= 4 is 23.4 Å². The van der Waals surface area contributed by atoms with Crippen LogP contribution in [0, 0.1) is 17.8 Å². The highest BCUT2D eigenvalue weighted by Gasteiger charge is 2.75. The highest BCUT2D eigenvalue weighted by atomic mass is 16.5. The van der Waals surface area contributed by atoms with Crippen LogP contribution in [0.3, 0.4) is 0 Å². The molecule has 2 unspecified atom stereocenters. The molecule has 226 valence electrons. The van der Waals surface area contributed by atoms with Crippen molar-refractivity contribution < 1.29 is 33.7 Å². The van der Waals surface area contributed by atoms with Crippen LogP contribution in [-0.4, -0.2) is 109 Å². The summed E-state index contributed by atoms with van der Waals surface area (Å²) in [6.45, 7) is 10.2. The molecule has 4 saturated heterocycles. The lowest BCUT2D eigenvalue weighted by Gasteiger charge is -2.39. The van der Waals surface area contributed by atoms with Gasteiger partial charge in [-0.25, -0.2) is 0 Å². The third-order valence-corrected chi connectivity index (χ3v) is 9.40. The van der Waals surface area contributed by atoms with Crippen LogP contribution in [0.4, 0.5) is 5.69 Å². The average Bonchev–Trinajstić information content (AvgIpc) is 3.62. The van der Waals surface area contributed by atoms with Gasteiger partial charge >= 0.3 is 0 Å². The van der Waals surface area contributed by atoms with E-state index >= 15 is 0 Å². The molecule has 2 bridgehead atoms. The Morgan fingerprint density at radius 1 is 1.17 bits per heavy atom. The first-order chi connectivity index (χ1) is 19.8. The van der Waals surface area contributed by atoms with Crippen molar-refractivity contribution in [2.45, 2.75) is 63.8 Å². The second-order valence-electron chi connectivity index (χ2n) is 11.6. The van der Waals surface area contributed by atoms with Crippen LogP contribution >= 0.6 is 0 Å². The van der Waals surface area contributed by atoms with Gasteiger partial charge in [-0.15, -0.1) is 0 Å². The average molecular weight is 573 g/mol. The third-order valence-electron chi connectivity index (χ3n) is 9.40. The molecule has 0 aromatic heterocycles. The number of nitrogens with one attached hydrogen (secondary N) is 2. The lowest BCUT2D eigenvalue weighted by molar-refractivity contribution is -0.146. The summed E-state index contributed by atoms with van der Waals surface area (Å²) in [5.41, 5.74) is -0.505. The predicted molar refractivity (Wildman–Crippen MR) is 151 cm³/mol. The van der Waals surface area contributed by atoms with Gasteiger partial charge in [-0.1, -0.05) is 20.3 Å². The largest absolute Gasteiger partial charge is 0.494 e. The molecule has 5 rings (SSSR count). The number of likely N-dealkylation sites (tertiary alicyclic amines) is 1. The molecule has 3 N–H and O–H groups in total. The molecule has 4 heterocycles. The van der Waals surface area contributed by atoms with E-state index in [0.29, 0.717) is 57.2 Å². The number of fused-ring (bicyclic) bond motifs is 1. The molecule has 4 fully saturated rings. The van der Waals surface area contributed by atoms with Crippen molar-refractivity contribution in [2.24, 2.45) is 17.8 Å². The lowest BCUT2D eigenvalue weighted by atomic mass is 9.70. The monoisotopic (exact) mass is 572 g/mol. The van der Waals surface area contributed by atoms with Crippen molar-refractivity contribution in [3.8, 4) is 5.75 Å². The number of morpholine rings is 1. The van der Waals surface area contributed by atoms with Gasteiger partial charge in [-0.2, -0.15) is 0 Å². The molecule has 1 spiro atoms. The van der Waals surface area contributed by atoms with E-state index in [1.54, 1.807) is 29.2 Å². The van der Waals surface area contributed by atoms with Gasteiger partial charge < -0.3 is 34.9 Å². The highest BCUT2D eigenvalue weighted by Crippen LogP contribution is 2.59. The van der Waals surface area contributed by atoms with Crippen molar-refractivity contribution in [1.29, 1.82) is 0 Å². The molecule has 11 nitrogen and oxygen atoms in total. The number of carbonyl (C=O) groups is 3. The molecule has 4 aliphatic heterocycles. The maximum Gasteiger partial charge on any atom is 0.245 e. The normalized spacial score (nSPS) is 30.6. The van der Waals surface area contributed by atoms with Gasteiger partial charge in [0.2, 0.25) is 17.7 Å². The summed E-state index contributed by atoms with van der Waals surface area (Å²) in [6, 6.07) is 5.64. The van der Waals surface area contributed by atoms with E-state index in [-0.39, 0.29) is 30.2 Å². The van der Waals surface area contributed by atoms with E-state index in [1.807, 2.05) is 20.8 Å². The number of hydrogen-bond acceptors (Lipinski definition) is 8. The number of aliphatic hydroxyl groups is 1. The second kappa shape index (κ2) is 12.6. The van der Waals surface area contributed by atoms with E-state index in [2.05, 4.69) is 15.5 Å². The van der Waals surface area contributed by atoms with Gasteiger partial charge in [0.1, 0.15) is 17.4 Å². The summed E-state index contributed by atoms with van der Waals surface area (Å²) >= 11 is 0. The van der Waals surface area contributed by atoms with Crippen LogP contribution in [-0.2, 0) is 23.9 Å². The smallest absolute Gasteiger partial charge is 0.245 e. The molecule has 3 amide bonds. The van der Waals surface area contributed by atoms with Crippen molar-refractivity contribution in [1.82, 2.24) is 15.1 Å². The van der Waals surface area contributed by atoms with Crippen LogP contribution in [0.2, 0.25) is 0 Å². The Kier molecular flexibility index (Phi) is 9.18. The quantitative estimate of drug-likeness (QED) is 0.341. The first kappa shape index (κ1) is 29.8. The van der Waals surface area contributed by atoms with Crippen molar-refractivity contribution in [2.75, 3.05) is 57.9 Å². The zero-order valence-electron chi connectivity index (χ0n) is 24.3. The maximum atomic E-state index is 14.2. The molecule has 7 atom stereocenters. The van der Waals surface area contributed by atoms with Gasteiger partial charge in [0.25, 0.3) is 0 Å². The zero-order chi connectivity index (χ0) is 29.1. The van der Waals surface area contributed by atoms with Gasteiger partial charge in [0.05, 0.1) is 50.4 Å². The van der Waals surface area contributed by atoms with Gasteiger partial charge in [0, 0.05) is 31.9 Å². The molecule has 41 heavy (non-hydrogen) atoms. The summed E-state index contributed by atoms with van der Waals surface area (Å²) in [5, 5.41) is 16.5. The Labute approximate surface area is 241 Å². The first-order valence-corrected chi connectivity index (χ1v) is 15.1. The topological polar surface area (TPSA) is 130 Å². The molecular weight excluding hydrogens is 528 g/mol. The Bertz CT molecular complexity index is 1090. The van der Waals surface area contributed by atoms with E-state index in [0.717, 1.165) is 19.5 Å². The number of ether oxygens (including phenoxy) is 3. The second-order valence-corrected chi connectivity index (χ2v) is 11.6. The summed E-state index contributed by atoms with van der Waals surface area (Å²) in [5.74, 6) is -1.73. The van der Waals surface area contributed by atoms with E-state index in [9.17, 15) is 19.5 Å². The van der Waals surface area contributed by atoms with Crippen LogP contribution in [0.5, 0.6) is 5.75 Å². The van der Waals surface area contributed by atoms with Crippen molar-refractivity contribution in [3.05, 3.63) is 24.3 Å². The molecule has 1 aromatic rings. The summed E-state index contributed by atoms with van der Waals surface area (Å²) in [4.78, 5) is 45.7. The fourth-order valence-electron chi connectivity index (χ4n) is 7.15. The first-order valence-electron chi connectivity index (χ1n) is 15.1. The zero-order valence-corrected chi connectivity index (χ0v) is 24.3. The molecule has 11 heteroatoms. The van der Waals surface area contributed by atoms with Crippen LogP contribution in [0.15, 0.2) is 24.3 Å². The maximum absolute atomic E-state index is 14.2. The number of nitrogens with zero attached hydrogens (tertiary/aromatic N) is 2. The van der Waals surface area contributed by atoms with Gasteiger partial charge in [-0.05, 0) is 49.9 Å². The van der Waals surface area contributed by atoms with Crippen LogP contribution in [0.25, 0.3) is 0 Å². The van der Waals surface area contributed by atoms with E-state index in [1.165, 1.54) is 0 Å². The fourth-order valence-corrected chi connectivity index (χ4v) is 7.15. The van der Waals surface area contributed by atoms with Crippen LogP contribution < -0.4 is 15.4 Å². The molecular formula is C30H44N4O7. The molecule has 4 aliphatic rings. The molecule has 0 saturated carbocycles. The fraction of sp³-hybridized carbons (Fsp3) is 0.700. The summed E-state index contributed by atoms with van der Waals surface area (Å²) in [7, 11) is 0. The number of benzene rings is 1. The Morgan fingerprint density at radius 3 is 2.56 bits per heavy atom. The SMILES string of the molecule is CCOc1ccc(NC(=O)[C@@H]2[C@H]3C(=O)N([C@@H](CO)[C@@H](C)CC)C(C(=O)NCCN4CCOCC4)C34CC[C@H]2O4)cc1. The number of amides is 3. The number of anilines is 1. The standard InChI is InChI=1S/C30H44N4O7/c1-4-19(3)22(18-35)34-26(28(37)31-12-13-33-14-16-39-17-15-33)30-11-10-23(41-30)24(25(30)29(34)38)27(36)32-20-6-8-21(9-7-20)40-5-2/h6-9,19,22-26,35H,4-5,10-18H2,1-3H3,(H,31,37)(H,32,36)/t19-,22-,23+,24-,25-,26?,30?/m0/s1. The van der Waals surface area contributed by atoms with E-state index in [4.69, 9.17) is 14.2 Å². The minimum atomic E-state index is -1.10. The van der Waals surface area contributed by atoms with Gasteiger partial charge in [0.15, 0.2) is 0 Å².